The van der Waals surface area contributed by atoms with Crippen LogP contribution in [0.2, 0.25) is 0 Å². The lowest BCUT2D eigenvalue weighted by Gasteiger charge is -2.17. The van der Waals surface area contributed by atoms with Gasteiger partial charge in [-0.15, -0.1) is 0 Å². The molecule has 1 heterocycles. The van der Waals surface area contributed by atoms with E-state index in [4.69, 9.17) is 9.52 Å². The Balaban J connectivity index is 3.23. The zero-order valence-corrected chi connectivity index (χ0v) is 9.33. The number of rotatable bonds is 3. The first-order valence-electron chi connectivity index (χ1n) is 4.05. The number of aromatic carboxylic acids is 1. The molecule has 0 aliphatic rings. The highest BCUT2D eigenvalue weighted by Gasteiger charge is 2.37. The molecule has 0 saturated carbocycles. The smallest absolute Gasteiger partial charge is 0.373 e. The fourth-order valence-electron chi connectivity index (χ4n) is 0.810. The van der Waals surface area contributed by atoms with Gasteiger partial charge < -0.3 is 9.52 Å². The molecule has 6 nitrogen and oxygen atoms in total. The highest BCUT2D eigenvalue weighted by molar-refractivity contribution is 7.91. The second-order valence-corrected chi connectivity index (χ2v) is 6.18. The molecule has 1 aromatic rings. The predicted octanol–water partition coefficient (Wildman–Crippen LogP) is 0.653. The van der Waals surface area contributed by atoms with E-state index in [1.165, 1.54) is 13.8 Å². The van der Waals surface area contributed by atoms with Crippen LogP contribution in [0.4, 0.5) is 0 Å². The van der Waals surface area contributed by atoms with Gasteiger partial charge in [0.05, 0.1) is 6.20 Å². The first-order valence-corrected chi connectivity index (χ1v) is 5.94. The van der Waals surface area contributed by atoms with Crippen LogP contribution >= 0.6 is 0 Å². The summed E-state index contributed by atoms with van der Waals surface area (Å²) in [6.07, 6.45) is 2.03. The molecule has 1 aromatic heterocycles. The van der Waals surface area contributed by atoms with Gasteiger partial charge in [-0.2, -0.15) is 0 Å². The zero-order valence-electron chi connectivity index (χ0n) is 8.51. The van der Waals surface area contributed by atoms with Gasteiger partial charge in [0.15, 0.2) is 9.84 Å². The van der Waals surface area contributed by atoms with Crippen LogP contribution in [0, 0.1) is 0 Å². The lowest BCUT2D eigenvalue weighted by Crippen LogP contribution is -2.28. The first kappa shape index (κ1) is 11.7. The number of hydrogen-bond donors (Lipinski definition) is 1. The average Bonchev–Trinajstić information content (AvgIpc) is 2.49. The maximum Gasteiger partial charge on any atom is 0.373 e. The fourth-order valence-corrected chi connectivity index (χ4v) is 1.22. The summed E-state index contributed by atoms with van der Waals surface area (Å²) in [5, 5.41) is 8.58. The van der Waals surface area contributed by atoms with Crippen LogP contribution in [0.3, 0.4) is 0 Å². The highest BCUT2D eigenvalue weighted by atomic mass is 32.2. The van der Waals surface area contributed by atoms with Gasteiger partial charge in [0.25, 0.3) is 0 Å². The van der Waals surface area contributed by atoms with E-state index in [9.17, 15) is 13.2 Å². The normalized spacial score (nSPS) is 12.7. The molecule has 0 unspecified atom stereocenters. The Hall–Kier alpha value is -1.37. The van der Waals surface area contributed by atoms with Crippen LogP contribution in [-0.2, 0) is 14.6 Å². The van der Waals surface area contributed by atoms with Crippen molar-refractivity contribution < 1.29 is 22.7 Å². The monoisotopic (exact) mass is 233 g/mol. The molecular weight excluding hydrogens is 222 g/mol. The number of carbonyl (C=O) groups is 1. The van der Waals surface area contributed by atoms with Crippen LogP contribution < -0.4 is 0 Å². The van der Waals surface area contributed by atoms with Crippen LogP contribution in [0.15, 0.2) is 10.6 Å². The van der Waals surface area contributed by atoms with Crippen LogP contribution in [0.1, 0.15) is 30.3 Å². The van der Waals surface area contributed by atoms with E-state index >= 15 is 0 Å². The van der Waals surface area contributed by atoms with Crippen molar-refractivity contribution in [3.8, 4) is 0 Å². The molecule has 0 bridgehead atoms. The average molecular weight is 233 g/mol. The van der Waals surface area contributed by atoms with E-state index in [-0.39, 0.29) is 11.7 Å². The van der Waals surface area contributed by atoms with Crippen molar-refractivity contribution in [3.63, 3.8) is 0 Å². The van der Waals surface area contributed by atoms with E-state index in [1.54, 1.807) is 0 Å². The molecule has 0 aliphatic heterocycles. The van der Waals surface area contributed by atoms with Gasteiger partial charge in [0.2, 0.25) is 11.7 Å². The predicted molar refractivity (Wildman–Crippen MR) is 51.3 cm³/mol. The maximum atomic E-state index is 11.4. The summed E-state index contributed by atoms with van der Waals surface area (Å²) < 4.78 is 26.3. The Bertz CT molecular complexity index is 485. The third-order valence-corrected chi connectivity index (χ3v) is 4.19. The number of carboxylic acids is 1. The lowest BCUT2D eigenvalue weighted by atomic mass is 10.2. The van der Waals surface area contributed by atoms with Crippen molar-refractivity contribution in [2.24, 2.45) is 0 Å². The van der Waals surface area contributed by atoms with Crippen molar-refractivity contribution in [1.29, 1.82) is 0 Å². The van der Waals surface area contributed by atoms with E-state index in [1.807, 2.05) is 0 Å². The van der Waals surface area contributed by atoms with Crippen molar-refractivity contribution in [3.05, 3.63) is 17.8 Å². The quantitative estimate of drug-likeness (QED) is 0.823. The molecular formula is C8H11NO5S. The highest BCUT2D eigenvalue weighted by Crippen LogP contribution is 2.28. The summed E-state index contributed by atoms with van der Waals surface area (Å²) in [5.74, 6) is -1.78. The Labute approximate surface area is 86.9 Å². The van der Waals surface area contributed by atoms with E-state index < -0.39 is 20.6 Å². The Morgan fingerprint density at radius 1 is 1.53 bits per heavy atom. The van der Waals surface area contributed by atoms with Crippen LogP contribution in [0.5, 0.6) is 0 Å². The Kier molecular flexibility index (Phi) is 2.60. The van der Waals surface area contributed by atoms with Gasteiger partial charge >= 0.3 is 5.97 Å². The third kappa shape index (κ3) is 2.01. The molecule has 1 N–H and O–H groups in total. The molecule has 84 valence electrons. The summed E-state index contributed by atoms with van der Waals surface area (Å²) in [7, 11) is -3.42. The minimum Gasteiger partial charge on any atom is -0.475 e. The van der Waals surface area contributed by atoms with E-state index in [2.05, 4.69) is 4.98 Å². The fraction of sp³-hybridized carbons (Fsp3) is 0.500. The molecule has 7 heteroatoms. The van der Waals surface area contributed by atoms with Gasteiger partial charge in [-0.1, -0.05) is 0 Å². The second-order valence-electron chi connectivity index (χ2n) is 3.62. The molecule has 0 spiro atoms. The molecule has 0 aliphatic carbocycles. The number of hydrogen-bond acceptors (Lipinski definition) is 5. The maximum absolute atomic E-state index is 11.4. The van der Waals surface area contributed by atoms with Gasteiger partial charge in [-0.25, -0.2) is 18.2 Å². The SMILES string of the molecule is CC(C)(c1ncc(C(=O)O)o1)S(C)(=O)=O. The molecule has 0 radical (unpaired) electrons. The number of aromatic nitrogens is 1. The van der Waals surface area contributed by atoms with Crippen LogP contribution in [0.25, 0.3) is 0 Å². The van der Waals surface area contributed by atoms with Gasteiger partial charge in [0.1, 0.15) is 4.75 Å². The van der Waals surface area contributed by atoms with Gasteiger partial charge in [-0.3, -0.25) is 0 Å². The Morgan fingerprint density at radius 3 is 2.40 bits per heavy atom. The van der Waals surface area contributed by atoms with Crippen molar-refractivity contribution in [2.75, 3.05) is 6.26 Å². The minimum atomic E-state index is -3.42. The molecule has 0 amide bonds. The first-order chi connectivity index (χ1) is 6.66. The number of carboxylic acid groups (broad SMARTS) is 1. The van der Waals surface area contributed by atoms with Crippen molar-refractivity contribution in [2.45, 2.75) is 18.6 Å². The lowest BCUT2D eigenvalue weighted by molar-refractivity contribution is 0.0659. The Morgan fingerprint density at radius 2 is 2.07 bits per heavy atom. The molecule has 0 fully saturated rings. The summed E-state index contributed by atoms with van der Waals surface area (Å²) in [4.78, 5) is 14.2. The molecule has 0 atom stereocenters. The molecule has 1 rings (SSSR count). The largest absolute Gasteiger partial charge is 0.475 e. The van der Waals surface area contributed by atoms with Crippen molar-refractivity contribution >= 4 is 15.8 Å². The molecule has 15 heavy (non-hydrogen) atoms. The zero-order chi connectivity index (χ0) is 11.9. The standard InChI is InChI=1S/C8H11NO5S/c1-8(2,15(3,12)13)7-9-4-5(14-7)6(10)11/h4H,1-3H3,(H,10,11). The van der Waals surface area contributed by atoms with E-state index in [0.29, 0.717) is 0 Å². The topological polar surface area (TPSA) is 97.5 Å². The van der Waals surface area contributed by atoms with Gasteiger partial charge in [0, 0.05) is 6.26 Å². The summed E-state index contributed by atoms with van der Waals surface area (Å²) in [5.41, 5.74) is 0. The number of nitrogens with zero attached hydrogens (tertiary/aromatic N) is 1. The van der Waals surface area contributed by atoms with Crippen LogP contribution in [-0.4, -0.2) is 30.7 Å². The number of sulfone groups is 1. The molecule has 0 aromatic carbocycles. The summed E-state index contributed by atoms with van der Waals surface area (Å²) in [6, 6.07) is 0. The molecule has 0 saturated heterocycles. The summed E-state index contributed by atoms with van der Waals surface area (Å²) in [6.45, 7) is 2.81. The van der Waals surface area contributed by atoms with Crippen molar-refractivity contribution in [1.82, 2.24) is 4.98 Å². The van der Waals surface area contributed by atoms with Gasteiger partial charge in [-0.05, 0) is 13.8 Å². The van der Waals surface area contributed by atoms with E-state index in [0.717, 1.165) is 12.5 Å². The third-order valence-electron chi connectivity index (χ3n) is 2.16. The second kappa shape index (κ2) is 3.34. The number of oxazole rings is 1. The summed E-state index contributed by atoms with van der Waals surface area (Å²) >= 11 is 0. The minimum absolute atomic E-state index is 0.123.